The van der Waals surface area contributed by atoms with Crippen molar-refractivity contribution in [3.63, 3.8) is 0 Å². The molecule has 0 bridgehead atoms. The predicted octanol–water partition coefficient (Wildman–Crippen LogP) is 2.05. The van der Waals surface area contributed by atoms with Gasteiger partial charge < -0.3 is 15.9 Å². The lowest BCUT2D eigenvalue weighted by atomic mass is 9.92. The van der Waals surface area contributed by atoms with Crippen molar-refractivity contribution in [2.75, 3.05) is 5.73 Å². The average molecular weight is 328 g/mol. The van der Waals surface area contributed by atoms with E-state index < -0.39 is 11.9 Å². The Balaban J connectivity index is 0.000000224. The average Bonchev–Trinajstić information content (AvgIpc) is 2.54. The normalized spacial score (nSPS) is 13.2. The van der Waals surface area contributed by atoms with Crippen LogP contribution in [0.5, 0.6) is 0 Å². The van der Waals surface area contributed by atoms with E-state index in [0.717, 1.165) is 29.4 Å². The lowest BCUT2D eigenvalue weighted by molar-refractivity contribution is -0.134. The fourth-order valence-corrected chi connectivity index (χ4v) is 2.47. The SMILES string of the molecule is Nc1c2c(nc3ccccc13)CCCC2=O.O=C(O)C=CC(=O)O. The van der Waals surface area contributed by atoms with Gasteiger partial charge in [0.25, 0.3) is 0 Å². The fourth-order valence-electron chi connectivity index (χ4n) is 2.47. The number of nitrogen functional groups attached to an aromatic ring is 1. The van der Waals surface area contributed by atoms with Crippen LogP contribution in [0.1, 0.15) is 28.9 Å². The molecule has 1 aromatic carbocycles. The van der Waals surface area contributed by atoms with Crippen LogP contribution in [-0.4, -0.2) is 32.9 Å². The molecule has 0 saturated carbocycles. The first-order valence-corrected chi connectivity index (χ1v) is 7.24. The summed E-state index contributed by atoms with van der Waals surface area (Å²) in [6.45, 7) is 0. The van der Waals surface area contributed by atoms with Crippen LogP contribution in [0.2, 0.25) is 0 Å². The number of carbonyl (C=O) groups is 3. The van der Waals surface area contributed by atoms with Gasteiger partial charge in [0.05, 0.1) is 22.5 Å². The summed E-state index contributed by atoms with van der Waals surface area (Å²) in [4.78, 5) is 35.5. The Kier molecular flexibility index (Phi) is 5.26. The number of aliphatic carboxylic acids is 2. The number of nitrogens with zero attached hydrogens (tertiary/aromatic N) is 1. The van der Waals surface area contributed by atoms with Gasteiger partial charge in [-0.05, 0) is 18.9 Å². The lowest BCUT2D eigenvalue weighted by Crippen LogP contribution is -2.15. The molecule has 1 aromatic heterocycles. The molecule has 24 heavy (non-hydrogen) atoms. The number of rotatable bonds is 2. The molecule has 0 fully saturated rings. The number of nitrogens with two attached hydrogens (primary N) is 1. The molecule has 0 spiro atoms. The van der Waals surface area contributed by atoms with Gasteiger partial charge in [0.1, 0.15) is 0 Å². The van der Waals surface area contributed by atoms with Crippen LogP contribution in [0, 0.1) is 0 Å². The largest absolute Gasteiger partial charge is 0.478 e. The van der Waals surface area contributed by atoms with Gasteiger partial charge in [-0.2, -0.15) is 0 Å². The van der Waals surface area contributed by atoms with Gasteiger partial charge in [0.15, 0.2) is 5.78 Å². The van der Waals surface area contributed by atoms with E-state index in [2.05, 4.69) is 4.98 Å². The van der Waals surface area contributed by atoms with Crippen LogP contribution >= 0.6 is 0 Å². The molecule has 7 heteroatoms. The van der Waals surface area contributed by atoms with E-state index in [1.807, 2.05) is 24.3 Å². The van der Waals surface area contributed by atoms with Gasteiger partial charge in [0, 0.05) is 24.0 Å². The minimum Gasteiger partial charge on any atom is -0.478 e. The van der Waals surface area contributed by atoms with E-state index in [1.54, 1.807) is 0 Å². The third-order valence-corrected chi connectivity index (χ3v) is 3.47. The van der Waals surface area contributed by atoms with Crippen molar-refractivity contribution >= 4 is 34.3 Å². The second-order valence-corrected chi connectivity index (χ2v) is 5.15. The van der Waals surface area contributed by atoms with E-state index in [0.29, 0.717) is 29.8 Å². The highest BCUT2D eigenvalue weighted by molar-refractivity contribution is 6.09. The second kappa shape index (κ2) is 7.36. The minimum atomic E-state index is -1.26. The number of Topliss-reactive ketones (excluding diaryl/α,β-unsaturated/α-hetero) is 1. The van der Waals surface area contributed by atoms with Gasteiger partial charge in [-0.25, -0.2) is 9.59 Å². The van der Waals surface area contributed by atoms with Crippen LogP contribution in [0.3, 0.4) is 0 Å². The maximum Gasteiger partial charge on any atom is 0.328 e. The molecule has 1 aliphatic carbocycles. The molecule has 7 nitrogen and oxygen atoms in total. The number of pyridine rings is 1. The van der Waals surface area contributed by atoms with Crippen LogP contribution in [0.4, 0.5) is 5.69 Å². The Morgan fingerprint density at radius 2 is 1.71 bits per heavy atom. The molecule has 0 atom stereocenters. The number of para-hydroxylation sites is 1. The van der Waals surface area contributed by atoms with Crippen molar-refractivity contribution < 1.29 is 24.6 Å². The molecule has 2 aromatic rings. The van der Waals surface area contributed by atoms with Crippen molar-refractivity contribution in [3.8, 4) is 0 Å². The first-order chi connectivity index (χ1) is 11.4. The van der Waals surface area contributed by atoms with Crippen molar-refractivity contribution in [1.29, 1.82) is 0 Å². The van der Waals surface area contributed by atoms with Crippen LogP contribution < -0.4 is 5.73 Å². The highest BCUT2D eigenvalue weighted by atomic mass is 16.4. The van der Waals surface area contributed by atoms with E-state index in [1.165, 1.54) is 0 Å². The molecular formula is C17H16N2O5. The third kappa shape index (κ3) is 3.95. The molecule has 4 N–H and O–H groups in total. The molecule has 0 saturated heterocycles. The summed E-state index contributed by atoms with van der Waals surface area (Å²) in [7, 11) is 0. The maximum absolute atomic E-state index is 11.8. The van der Waals surface area contributed by atoms with Gasteiger partial charge in [-0.1, -0.05) is 18.2 Å². The number of aromatic nitrogens is 1. The Morgan fingerprint density at radius 3 is 2.33 bits per heavy atom. The number of carboxylic acid groups (broad SMARTS) is 2. The summed E-state index contributed by atoms with van der Waals surface area (Å²) in [5, 5.41) is 16.5. The minimum absolute atomic E-state index is 0.136. The number of anilines is 1. The predicted molar refractivity (Wildman–Crippen MR) is 87.8 cm³/mol. The van der Waals surface area contributed by atoms with E-state index in [9.17, 15) is 14.4 Å². The highest BCUT2D eigenvalue weighted by Gasteiger charge is 2.22. The number of benzene rings is 1. The van der Waals surface area contributed by atoms with Gasteiger partial charge in [-0.15, -0.1) is 0 Å². The molecule has 0 radical (unpaired) electrons. The number of carboxylic acids is 2. The van der Waals surface area contributed by atoms with E-state index >= 15 is 0 Å². The molecule has 1 heterocycles. The molecule has 0 unspecified atom stereocenters. The number of fused-ring (bicyclic) bond motifs is 2. The Labute approximate surface area is 137 Å². The summed E-state index contributed by atoms with van der Waals surface area (Å²) >= 11 is 0. The number of aryl methyl sites for hydroxylation is 1. The first kappa shape index (κ1) is 17.1. The first-order valence-electron chi connectivity index (χ1n) is 7.24. The monoisotopic (exact) mass is 328 g/mol. The van der Waals surface area contributed by atoms with Crippen LogP contribution in [-0.2, 0) is 16.0 Å². The topological polar surface area (TPSA) is 131 Å². The zero-order valence-corrected chi connectivity index (χ0v) is 12.7. The standard InChI is InChI=1S/C13H12N2O.C4H4O4/c14-13-8-4-1-2-5-9(8)15-10-6-3-7-11(16)12(10)13;5-3(6)1-2-4(7)8/h1-2,4-5H,3,6-7H2,(H2,14,15);1-2H,(H,5,6)(H,7,8). The molecule has 0 amide bonds. The molecule has 3 rings (SSSR count). The Morgan fingerprint density at radius 1 is 1.08 bits per heavy atom. The van der Waals surface area contributed by atoms with Crippen molar-refractivity contribution in [2.45, 2.75) is 19.3 Å². The number of hydrogen-bond donors (Lipinski definition) is 3. The third-order valence-electron chi connectivity index (χ3n) is 3.47. The molecular weight excluding hydrogens is 312 g/mol. The zero-order chi connectivity index (χ0) is 17.7. The van der Waals surface area contributed by atoms with E-state index in [-0.39, 0.29) is 5.78 Å². The Hall–Kier alpha value is -3.22. The summed E-state index contributed by atoms with van der Waals surface area (Å²) in [5.41, 5.74) is 9.08. The quantitative estimate of drug-likeness (QED) is 0.719. The van der Waals surface area contributed by atoms with Gasteiger partial charge in [0.2, 0.25) is 0 Å². The maximum atomic E-state index is 11.8. The second-order valence-electron chi connectivity index (χ2n) is 5.15. The Bertz CT molecular complexity index is 826. The fraction of sp³-hybridized carbons (Fsp3) is 0.176. The van der Waals surface area contributed by atoms with E-state index in [4.69, 9.17) is 15.9 Å². The van der Waals surface area contributed by atoms with Crippen molar-refractivity contribution in [2.24, 2.45) is 0 Å². The van der Waals surface area contributed by atoms with Crippen LogP contribution in [0.15, 0.2) is 36.4 Å². The molecule has 124 valence electrons. The lowest BCUT2D eigenvalue weighted by Gasteiger charge is -2.17. The van der Waals surface area contributed by atoms with Gasteiger partial charge in [-0.3, -0.25) is 9.78 Å². The number of ketones is 1. The number of carbonyl (C=O) groups excluding carboxylic acids is 1. The summed E-state index contributed by atoms with van der Waals surface area (Å²) in [6.07, 6.45) is 3.45. The smallest absolute Gasteiger partial charge is 0.328 e. The van der Waals surface area contributed by atoms with Crippen molar-refractivity contribution in [3.05, 3.63) is 47.7 Å². The summed E-state index contributed by atoms with van der Waals surface area (Å²) in [6, 6.07) is 7.71. The van der Waals surface area contributed by atoms with Gasteiger partial charge >= 0.3 is 11.9 Å². The summed E-state index contributed by atoms with van der Waals surface area (Å²) < 4.78 is 0. The van der Waals surface area contributed by atoms with Crippen molar-refractivity contribution in [1.82, 2.24) is 4.98 Å². The molecule has 1 aliphatic rings. The number of hydrogen-bond acceptors (Lipinski definition) is 5. The van der Waals surface area contributed by atoms with Crippen LogP contribution in [0.25, 0.3) is 10.9 Å². The zero-order valence-electron chi connectivity index (χ0n) is 12.7. The molecule has 0 aliphatic heterocycles. The highest BCUT2D eigenvalue weighted by Crippen LogP contribution is 2.30. The summed E-state index contributed by atoms with van der Waals surface area (Å²) in [5.74, 6) is -2.38.